The zero-order valence-electron chi connectivity index (χ0n) is 19.5. The summed E-state index contributed by atoms with van der Waals surface area (Å²) in [6, 6.07) is 6.18. The molecular formula is C25H42N2O2. The third-order valence-corrected chi connectivity index (χ3v) is 5.37. The van der Waals surface area contributed by atoms with Crippen LogP contribution in [-0.4, -0.2) is 29.8 Å². The zero-order valence-corrected chi connectivity index (χ0v) is 19.5. The van der Waals surface area contributed by atoms with Gasteiger partial charge in [0.15, 0.2) is 0 Å². The average Bonchev–Trinajstić information content (AvgIpc) is 2.66. The van der Waals surface area contributed by atoms with Gasteiger partial charge in [-0.05, 0) is 35.8 Å². The number of amides is 2. The van der Waals surface area contributed by atoms with Crippen LogP contribution in [0, 0.1) is 0 Å². The highest BCUT2D eigenvalue weighted by atomic mass is 16.2. The van der Waals surface area contributed by atoms with Crippen molar-refractivity contribution in [2.24, 2.45) is 0 Å². The molecule has 0 heterocycles. The number of para-hydroxylation sites is 1. The number of rotatable bonds is 13. The van der Waals surface area contributed by atoms with Crippen molar-refractivity contribution in [3.8, 4) is 0 Å². The molecule has 0 bridgehead atoms. The van der Waals surface area contributed by atoms with Crippen LogP contribution in [0.3, 0.4) is 0 Å². The van der Waals surface area contributed by atoms with E-state index >= 15 is 0 Å². The summed E-state index contributed by atoms with van der Waals surface area (Å²) in [7, 11) is 0. The molecule has 1 aromatic rings. The van der Waals surface area contributed by atoms with E-state index in [1.54, 1.807) is 0 Å². The van der Waals surface area contributed by atoms with Crippen LogP contribution in [0.15, 0.2) is 18.2 Å². The van der Waals surface area contributed by atoms with E-state index in [1.807, 2.05) is 4.90 Å². The van der Waals surface area contributed by atoms with Gasteiger partial charge in [0.25, 0.3) is 0 Å². The Morgan fingerprint density at radius 1 is 0.862 bits per heavy atom. The van der Waals surface area contributed by atoms with Crippen LogP contribution in [0.4, 0.5) is 5.69 Å². The molecule has 1 rings (SSSR count). The van der Waals surface area contributed by atoms with E-state index in [0.717, 1.165) is 68.4 Å². The zero-order chi connectivity index (χ0) is 21.8. The van der Waals surface area contributed by atoms with Crippen molar-refractivity contribution in [3.05, 3.63) is 29.3 Å². The van der Waals surface area contributed by atoms with Gasteiger partial charge >= 0.3 is 0 Å². The van der Waals surface area contributed by atoms with Crippen LogP contribution in [0.5, 0.6) is 0 Å². The van der Waals surface area contributed by atoms with Crippen LogP contribution in [0.1, 0.15) is 109 Å². The summed E-state index contributed by atoms with van der Waals surface area (Å²) in [4.78, 5) is 27.5. The normalized spacial score (nSPS) is 11.2. The molecule has 4 nitrogen and oxygen atoms in total. The number of nitrogens with one attached hydrogen (secondary N) is 1. The molecule has 0 atom stereocenters. The Morgan fingerprint density at radius 3 is 1.76 bits per heavy atom. The van der Waals surface area contributed by atoms with Gasteiger partial charge in [0, 0.05) is 18.8 Å². The third-order valence-electron chi connectivity index (χ3n) is 5.37. The second-order valence-electron chi connectivity index (χ2n) is 8.64. The van der Waals surface area contributed by atoms with Gasteiger partial charge in [-0.1, -0.05) is 85.4 Å². The average molecular weight is 403 g/mol. The maximum absolute atomic E-state index is 12.8. The Morgan fingerprint density at radius 2 is 1.34 bits per heavy atom. The summed E-state index contributed by atoms with van der Waals surface area (Å²) in [5.74, 6) is 0.349. The highest BCUT2D eigenvalue weighted by Gasteiger charge is 2.20. The molecule has 1 N–H and O–H groups in total. The lowest BCUT2D eigenvalue weighted by atomic mass is 9.92. The number of carbonyl (C=O) groups is 2. The lowest BCUT2D eigenvalue weighted by Gasteiger charge is -2.24. The molecule has 0 aliphatic heterocycles. The number of benzene rings is 1. The molecule has 0 spiro atoms. The first-order chi connectivity index (χ1) is 13.8. The number of carbonyl (C=O) groups excluding carboxylic acids is 2. The minimum absolute atomic E-state index is 0.0529. The summed E-state index contributed by atoms with van der Waals surface area (Å²) in [5.41, 5.74) is 3.14. The lowest BCUT2D eigenvalue weighted by molar-refractivity contribution is -0.134. The second kappa shape index (κ2) is 13.4. The Labute approximate surface area is 178 Å². The molecule has 1 aromatic carbocycles. The van der Waals surface area contributed by atoms with Crippen molar-refractivity contribution in [2.45, 2.75) is 98.3 Å². The van der Waals surface area contributed by atoms with Gasteiger partial charge in [-0.15, -0.1) is 0 Å². The van der Waals surface area contributed by atoms with Crippen molar-refractivity contribution >= 4 is 17.5 Å². The van der Waals surface area contributed by atoms with Gasteiger partial charge in [-0.25, -0.2) is 0 Å². The van der Waals surface area contributed by atoms with Crippen LogP contribution in [-0.2, 0) is 9.59 Å². The molecule has 0 saturated carbocycles. The first kappa shape index (κ1) is 25.2. The van der Waals surface area contributed by atoms with E-state index in [9.17, 15) is 9.59 Å². The maximum Gasteiger partial charge on any atom is 0.233 e. The Balaban J connectivity index is 2.86. The van der Waals surface area contributed by atoms with Crippen molar-refractivity contribution < 1.29 is 9.59 Å². The highest BCUT2D eigenvalue weighted by Crippen LogP contribution is 2.32. The van der Waals surface area contributed by atoms with Crippen LogP contribution in [0.25, 0.3) is 0 Å². The molecule has 0 fully saturated rings. The number of hydrogen-bond donors (Lipinski definition) is 1. The van der Waals surface area contributed by atoms with E-state index in [2.05, 4.69) is 65.1 Å². The predicted molar refractivity (Wildman–Crippen MR) is 123 cm³/mol. The molecule has 29 heavy (non-hydrogen) atoms. The van der Waals surface area contributed by atoms with E-state index in [0.29, 0.717) is 11.8 Å². The van der Waals surface area contributed by atoms with Gasteiger partial charge in [-0.2, -0.15) is 0 Å². The van der Waals surface area contributed by atoms with Crippen molar-refractivity contribution in [1.29, 1.82) is 0 Å². The lowest BCUT2D eigenvalue weighted by Crippen LogP contribution is -2.35. The molecule has 4 heteroatoms. The van der Waals surface area contributed by atoms with Crippen molar-refractivity contribution in [2.75, 3.05) is 18.4 Å². The van der Waals surface area contributed by atoms with Gasteiger partial charge in [0.1, 0.15) is 6.42 Å². The van der Waals surface area contributed by atoms with Gasteiger partial charge in [0.2, 0.25) is 11.8 Å². The quantitative estimate of drug-likeness (QED) is 0.303. The molecule has 2 amide bonds. The number of anilines is 1. The number of unbranched alkanes of at least 4 members (excludes halogenated alkanes) is 4. The van der Waals surface area contributed by atoms with E-state index < -0.39 is 0 Å². The SMILES string of the molecule is CCCCCN(CCCCC)C(=O)CC(=O)Nc1c(C(C)C)cccc1C(C)C. The maximum atomic E-state index is 12.8. The standard InChI is InChI=1S/C25H42N2O2/c1-7-9-11-16-27(17-12-10-8-2)24(29)18-23(28)26-25-21(19(3)4)14-13-15-22(25)20(5)6/h13-15,19-20H,7-12,16-18H2,1-6H3,(H,26,28). The number of hydrogen-bond acceptors (Lipinski definition) is 2. The summed E-state index contributed by atoms with van der Waals surface area (Å²) >= 11 is 0. The fraction of sp³-hybridized carbons (Fsp3) is 0.680. The first-order valence-electron chi connectivity index (χ1n) is 11.5. The largest absolute Gasteiger partial charge is 0.342 e. The Kier molecular flexibility index (Phi) is 11.6. The second-order valence-corrected chi connectivity index (χ2v) is 8.64. The minimum atomic E-state index is -0.207. The van der Waals surface area contributed by atoms with Gasteiger partial charge < -0.3 is 10.2 Å². The Bertz CT molecular complexity index is 601. The molecule has 0 aliphatic carbocycles. The summed E-state index contributed by atoms with van der Waals surface area (Å²) in [5, 5.41) is 3.08. The van der Waals surface area contributed by atoms with E-state index in [1.165, 1.54) is 0 Å². The molecule has 0 unspecified atom stereocenters. The highest BCUT2D eigenvalue weighted by molar-refractivity contribution is 6.04. The van der Waals surface area contributed by atoms with Crippen LogP contribution >= 0.6 is 0 Å². The van der Waals surface area contributed by atoms with Crippen LogP contribution < -0.4 is 5.32 Å². The predicted octanol–water partition coefficient (Wildman–Crippen LogP) is 6.47. The first-order valence-corrected chi connectivity index (χ1v) is 11.5. The van der Waals surface area contributed by atoms with Crippen LogP contribution in [0.2, 0.25) is 0 Å². The molecule has 0 aromatic heterocycles. The number of nitrogens with zero attached hydrogens (tertiary/aromatic N) is 1. The monoisotopic (exact) mass is 402 g/mol. The van der Waals surface area contributed by atoms with Gasteiger partial charge in [-0.3, -0.25) is 9.59 Å². The molecule has 0 radical (unpaired) electrons. The summed E-state index contributed by atoms with van der Waals surface area (Å²) < 4.78 is 0. The molecular weight excluding hydrogens is 360 g/mol. The smallest absolute Gasteiger partial charge is 0.233 e. The van der Waals surface area contributed by atoms with Gasteiger partial charge in [0.05, 0.1) is 0 Å². The summed E-state index contributed by atoms with van der Waals surface area (Å²) in [6.07, 6.45) is 6.41. The van der Waals surface area contributed by atoms with Crippen molar-refractivity contribution in [1.82, 2.24) is 4.90 Å². The van der Waals surface area contributed by atoms with E-state index in [-0.39, 0.29) is 18.2 Å². The minimum Gasteiger partial charge on any atom is -0.342 e. The van der Waals surface area contributed by atoms with Crippen molar-refractivity contribution in [3.63, 3.8) is 0 Å². The summed E-state index contributed by atoms with van der Waals surface area (Å²) in [6.45, 7) is 14.3. The Hall–Kier alpha value is -1.84. The molecule has 0 saturated heterocycles. The van der Waals surface area contributed by atoms with E-state index in [4.69, 9.17) is 0 Å². The fourth-order valence-electron chi connectivity index (χ4n) is 3.59. The fourth-order valence-corrected chi connectivity index (χ4v) is 3.59. The third kappa shape index (κ3) is 8.59. The topological polar surface area (TPSA) is 49.4 Å². The molecule has 164 valence electrons. The molecule has 0 aliphatic rings.